The zero-order valence-electron chi connectivity index (χ0n) is 11.1. The summed E-state index contributed by atoms with van der Waals surface area (Å²) >= 11 is 2.97. The summed E-state index contributed by atoms with van der Waals surface area (Å²) in [6.45, 7) is 3.13. The fourth-order valence-corrected chi connectivity index (χ4v) is 2.53. The van der Waals surface area contributed by atoms with Gasteiger partial charge in [0.2, 0.25) is 0 Å². The summed E-state index contributed by atoms with van der Waals surface area (Å²) in [7, 11) is 0. The molecule has 2 rings (SSSR count). The first-order chi connectivity index (χ1) is 9.27. The number of rotatable bonds is 3. The summed E-state index contributed by atoms with van der Waals surface area (Å²) in [4.78, 5) is 13.7. The topological polar surface area (TPSA) is 44.1 Å². The molecule has 0 N–H and O–H groups in total. The molecule has 0 radical (unpaired) electrons. The van der Waals surface area contributed by atoms with E-state index in [4.69, 9.17) is 0 Å². The SMILES string of the molecule is CC(C)(C#N)N(C(=O)c1c(F)cc(Br)cc1F)C1CC1. The lowest BCUT2D eigenvalue weighted by Gasteiger charge is -2.33. The highest BCUT2D eigenvalue weighted by Gasteiger charge is 2.43. The quantitative estimate of drug-likeness (QED) is 0.841. The van der Waals surface area contributed by atoms with Gasteiger partial charge in [0, 0.05) is 10.5 Å². The largest absolute Gasteiger partial charge is 0.317 e. The molecule has 0 bridgehead atoms. The lowest BCUT2D eigenvalue weighted by atomic mass is 10.0. The van der Waals surface area contributed by atoms with Crippen LogP contribution in [0.1, 0.15) is 37.0 Å². The van der Waals surface area contributed by atoms with Crippen LogP contribution in [0.5, 0.6) is 0 Å². The van der Waals surface area contributed by atoms with Gasteiger partial charge in [-0.1, -0.05) is 15.9 Å². The number of hydrogen-bond acceptors (Lipinski definition) is 2. The number of carbonyl (C=O) groups excluding carboxylic acids is 1. The Morgan fingerprint density at radius 1 is 1.40 bits per heavy atom. The van der Waals surface area contributed by atoms with Crippen molar-refractivity contribution < 1.29 is 13.6 Å². The molecule has 6 heteroatoms. The van der Waals surface area contributed by atoms with Crippen LogP contribution in [0.4, 0.5) is 8.78 Å². The molecule has 0 saturated heterocycles. The second kappa shape index (κ2) is 5.13. The first-order valence-corrected chi connectivity index (χ1v) is 6.96. The van der Waals surface area contributed by atoms with Crippen LogP contribution in [0.3, 0.4) is 0 Å². The Morgan fingerprint density at radius 3 is 2.30 bits per heavy atom. The van der Waals surface area contributed by atoms with E-state index >= 15 is 0 Å². The van der Waals surface area contributed by atoms with E-state index in [0.717, 1.165) is 25.0 Å². The van der Waals surface area contributed by atoms with Gasteiger partial charge in [0.1, 0.15) is 22.7 Å². The predicted octanol–water partition coefficient (Wildman–Crippen LogP) is 3.63. The molecule has 0 aromatic heterocycles. The molecule has 0 heterocycles. The number of carbonyl (C=O) groups is 1. The molecule has 0 unspecified atom stereocenters. The molecule has 0 spiro atoms. The van der Waals surface area contributed by atoms with Gasteiger partial charge in [-0.15, -0.1) is 0 Å². The minimum absolute atomic E-state index is 0.125. The van der Waals surface area contributed by atoms with E-state index in [0.29, 0.717) is 0 Å². The summed E-state index contributed by atoms with van der Waals surface area (Å²) < 4.78 is 28.0. The van der Waals surface area contributed by atoms with Gasteiger partial charge in [-0.25, -0.2) is 8.78 Å². The van der Waals surface area contributed by atoms with Crippen molar-refractivity contribution in [3.8, 4) is 6.07 Å². The summed E-state index contributed by atoms with van der Waals surface area (Å²) in [6.07, 6.45) is 1.49. The summed E-state index contributed by atoms with van der Waals surface area (Å²) in [5.41, 5.74) is -1.71. The fourth-order valence-electron chi connectivity index (χ4n) is 2.13. The normalized spacial score (nSPS) is 14.8. The smallest absolute Gasteiger partial charge is 0.261 e. The maximum Gasteiger partial charge on any atom is 0.261 e. The van der Waals surface area contributed by atoms with Gasteiger partial charge in [-0.3, -0.25) is 4.79 Å². The molecule has 1 aliphatic rings. The fraction of sp³-hybridized carbons (Fsp3) is 0.429. The summed E-state index contributed by atoms with van der Waals surface area (Å²) in [5.74, 6) is -2.64. The van der Waals surface area contributed by atoms with Crippen molar-refractivity contribution in [1.29, 1.82) is 5.26 Å². The van der Waals surface area contributed by atoms with Crippen LogP contribution < -0.4 is 0 Å². The van der Waals surface area contributed by atoms with Crippen LogP contribution >= 0.6 is 15.9 Å². The molecule has 1 fully saturated rings. The lowest BCUT2D eigenvalue weighted by molar-refractivity contribution is 0.0605. The Kier molecular flexibility index (Phi) is 3.83. The number of benzene rings is 1. The molecule has 0 aliphatic heterocycles. The van der Waals surface area contributed by atoms with Crippen LogP contribution in [0.15, 0.2) is 16.6 Å². The third-order valence-electron chi connectivity index (χ3n) is 3.23. The van der Waals surface area contributed by atoms with Crippen LogP contribution in [-0.4, -0.2) is 22.4 Å². The zero-order chi connectivity index (χ0) is 15.1. The molecule has 1 amide bonds. The molecule has 1 aromatic carbocycles. The molecule has 1 saturated carbocycles. The zero-order valence-corrected chi connectivity index (χ0v) is 12.7. The van der Waals surface area contributed by atoms with E-state index in [1.807, 2.05) is 6.07 Å². The van der Waals surface area contributed by atoms with Gasteiger partial charge in [-0.2, -0.15) is 5.26 Å². The third kappa shape index (κ3) is 2.68. The van der Waals surface area contributed by atoms with E-state index in [1.165, 1.54) is 4.90 Å². The van der Waals surface area contributed by atoms with Gasteiger partial charge < -0.3 is 4.90 Å². The summed E-state index contributed by atoms with van der Waals surface area (Å²) in [5, 5.41) is 9.18. The maximum absolute atomic E-state index is 13.9. The van der Waals surface area contributed by atoms with Crippen molar-refractivity contribution in [3.63, 3.8) is 0 Å². The summed E-state index contributed by atoms with van der Waals surface area (Å²) in [6, 6.07) is 3.97. The number of hydrogen-bond donors (Lipinski definition) is 0. The average Bonchev–Trinajstić information content (AvgIpc) is 3.11. The molecule has 106 valence electrons. The van der Waals surface area contributed by atoms with Crippen molar-refractivity contribution in [3.05, 3.63) is 33.8 Å². The number of nitrogens with zero attached hydrogens (tertiary/aromatic N) is 2. The van der Waals surface area contributed by atoms with Crippen molar-refractivity contribution in [2.45, 2.75) is 38.3 Å². The van der Waals surface area contributed by atoms with Crippen LogP contribution in [0.25, 0.3) is 0 Å². The van der Waals surface area contributed by atoms with Crippen LogP contribution in [-0.2, 0) is 0 Å². The molecular weight excluding hydrogens is 330 g/mol. The van der Waals surface area contributed by atoms with Crippen molar-refractivity contribution in [1.82, 2.24) is 4.90 Å². The molecule has 0 atom stereocenters. The molecular formula is C14H13BrF2N2O. The lowest BCUT2D eigenvalue weighted by Crippen LogP contribution is -2.48. The Hall–Kier alpha value is -1.48. The second-order valence-corrected chi connectivity index (χ2v) is 6.24. The van der Waals surface area contributed by atoms with Gasteiger partial charge >= 0.3 is 0 Å². The number of nitriles is 1. The molecule has 20 heavy (non-hydrogen) atoms. The maximum atomic E-state index is 13.9. The average molecular weight is 343 g/mol. The Balaban J connectivity index is 2.47. The minimum Gasteiger partial charge on any atom is -0.317 e. The van der Waals surface area contributed by atoms with Crippen molar-refractivity contribution in [2.24, 2.45) is 0 Å². The Morgan fingerprint density at radius 2 is 1.90 bits per heavy atom. The Bertz CT molecular complexity index is 583. The van der Waals surface area contributed by atoms with Crippen LogP contribution in [0, 0.1) is 23.0 Å². The van der Waals surface area contributed by atoms with Crippen molar-refractivity contribution in [2.75, 3.05) is 0 Å². The highest BCUT2D eigenvalue weighted by Crippen LogP contribution is 2.35. The minimum atomic E-state index is -1.11. The van der Waals surface area contributed by atoms with Gasteiger partial charge in [0.25, 0.3) is 5.91 Å². The highest BCUT2D eigenvalue weighted by atomic mass is 79.9. The molecule has 1 aromatic rings. The van der Waals surface area contributed by atoms with E-state index in [9.17, 15) is 18.8 Å². The third-order valence-corrected chi connectivity index (χ3v) is 3.69. The van der Waals surface area contributed by atoms with Gasteiger partial charge in [0.15, 0.2) is 0 Å². The monoisotopic (exact) mass is 342 g/mol. The van der Waals surface area contributed by atoms with Gasteiger partial charge in [-0.05, 0) is 38.8 Å². The highest BCUT2D eigenvalue weighted by molar-refractivity contribution is 9.10. The number of amides is 1. The standard InChI is InChI=1S/C14H13BrF2N2O/c1-14(2,7-18)19(9-3-4-9)13(20)12-10(16)5-8(15)6-11(12)17/h5-6,9H,3-4H2,1-2H3. The first kappa shape index (κ1) is 14.9. The molecule has 1 aliphatic carbocycles. The molecule has 3 nitrogen and oxygen atoms in total. The van der Waals surface area contributed by atoms with Gasteiger partial charge in [0.05, 0.1) is 6.07 Å². The predicted molar refractivity (Wildman–Crippen MR) is 72.9 cm³/mol. The first-order valence-electron chi connectivity index (χ1n) is 6.17. The van der Waals surface area contributed by atoms with Crippen molar-refractivity contribution >= 4 is 21.8 Å². The van der Waals surface area contributed by atoms with E-state index in [1.54, 1.807) is 13.8 Å². The van der Waals surface area contributed by atoms with Crippen LogP contribution in [0.2, 0.25) is 0 Å². The van der Waals surface area contributed by atoms with E-state index in [2.05, 4.69) is 15.9 Å². The van der Waals surface area contributed by atoms with E-state index < -0.39 is 28.6 Å². The number of halogens is 3. The Labute approximate surface area is 124 Å². The van der Waals surface area contributed by atoms with E-state index in [-0.39, 0.29) is 10.5 Å². The second-order valence-electron chi connectivity index (χ2n) is 5.32.